The Morgan fingerprint density at radius 3 is 2.76 bits per heavy atom. The number of likely N-dealkylation sites (tertiary alicyclic amines) is 1. The Hall–Kier alpha value is -1.81. The van der Waals surface area contributed by atoms with Crippen LogP contribution in [0.1, 0.15) is 76.0 Å². The molecule has 0 unspecified atom stereocenters. The van der Waals surface area contributed by atoms with Gasteiger partial charge in [0.05, 0.1) is 5.92 Å². The van der Waals surface area contributed by atoms with Gasteiger partial charge >= 0.3 is 0 Å². The zero-order valence-electron chi connectivity index (χ0n) is 18.2. The first-order valence-corrected chi connectivity index (χ1v) is 11.7. The maximum absolute atomic E-state index is 13.1. The van der Waals surface area contributed by atoms with E-state index in [4.69, 9.17) is 0 Å². The van der Waals surface area contributed by atoms with Gasteiger partial charge in [-0.1, -0.05) is 31.9 Å². The van der Waals surface area contributed by atoms with Gasteiger partial charge in [0, 0.05) is 47.7 Å². The number of rotatable bonds is 4. The van der Waals surface area contributed by atoms with E-state index in [9.17, 15) is 4.79 Å². The highest BCUT2D eigenvalue weighted by atomic mass is 16.2. The van der Waals surface area contributed by atoms with Gasteiger partial charge in [0.15, 0.2) is 0 Å². The number of aromatic nitrogens is 1. The first-order valence-electron chi connectivity index (χ1n) is 11.7. The zero-order valence-corrected chi connectivity index (χ0v) is 18.2. The molecule has 0 spiro atoms. The van der Waals surface area contributed by atoms with Crippen molar-refractivity contribution in [1.82, 2.24) is 14.8 Å². The number of nitrogens with zero attached hydrogens (tertiary/aromatic N) is 2. The fourth-order valence-electron chi connectivity index (χ4n) is 6.30. The van der Waals surface area contributed by atoms with Crippen LogP contribution < -0.4 is 5.32 Å². The summed E-state index contributed by atoms with van der Waals surface area (Å²) in [4.78, 5) is 15.7. The molecule has 1 aromatic heterocycles. The highest BCUT2D eigenvalue weighted by Crippen LogP contribution is 2.45. The molecule has 2 aliphatic carbocycles. The minimum Gasteiger partial charge on any atom is -0.353 e. The molecule has 0 bridgehead atoms. The molecule has 4 heteroatoms. The molecule has 1 amide bonds. The van der Waals surface area contributed by atoms with Crippen molar-refractivity contribution < 1.29 is 4.79 Å². The lowest BCUT2D eigenvalue weighted by molar-refractivity contribution is -0.128. The molecule has 1 aromatic carbocycles. The lowest BCUT2D eigenvalue weighted by Gasteiger charge is -2.46. The van der Waals surface area contributed by atoms with Gasteiger partial charge in [-0.2, -0.15) is 0 Å². The van der Waals surface area contributed by atoms with Crippen LogP contribution in [0.15, 0.2) is 24.4 Å². The molecule has 3 atom stereocenters. The van der Waals surface area contributed by atoms with E-state index in [-0.39, 0.29) is 5.92 Å². The molecule has 4 nitrogen and oxygen atoms in total. The highest BCUT2D eigenvalue weighted by molar-refractivity contribution is 5.89. The second kappa shape index (κ2) is 7.46. The summed E-state index contributed by atoms with van der Waals surface area (Å²) in [7, 11) is 0. The molecule has 1 N–H and O–H groups in total. The van der Waals surface area contributed by atoms with Crippen LogP contribution in [0.2, 0.25) is 0 Å². The summed E-state index contributed by atoms with van der Waals surface area (Å²) in [6.07, 6.45) is 9.34. The Bertz CT molecular complexity index is 908. The Labute approximate surface area is 174 Å². The Morgan fingerprint density at radius 2 is 2.03 bits per heavy atom. The second-order valence-corrected chi connectivity index (χ2v) is 9.78. The first kappa shape index (κ1) is 19.2. The van der Waals surface area contributed by atoms with Crippen molar-refractivity contribution in [2.24, 2.45) is 5.92 Å². The molecule has 2 fully saturated rings. The third kappa shape index (κ3) is 3.20. The van der Waals surface area contributed by atoms with E-state index >= 15 is 0 Å². The first-order chi connectivity index (χ1) is 14.1. The summed E-state index contributed by atoms with van der Waals surface area (Å²) in [5.41, 5.74) is 4.34. The van der Waals surface area contributed by atoms with Crippen molar-refractivity contribution in [3.8, 4) is 0 Å². The lowest BCUT2D eigenvalue weighted by Crippen LogP contribution is -2.53. The third-order valence-electron chi connectivity index (χ3n) is 7.76. The quantitative estimate of drug-likeness (QED) is 0.822. The van der Waals surface area contributed by atoms with Crippen LogP contribution in [0.25, 0.3) is 10.9 Å². The van der Waals surface area contributed by atoms with Crippen molar-refractivity contribution >= 4 is 16.8 Å². The van der Waals surface area contributed by atoms with E-state index in [1.54, 1.807) is 0 Å². The van der Waals surface area contributed by atoms with Crippen LogP contribution in [-0.4, -0.2) is 40.5 Å². The minimum absolute atomic E-state index is 0.112. The number of fused-ring (bicyclic) bond motifs is 2. The summed E-state index contributed by atoms with van der Waals surface area (Å²) >= 11 is 0. The number of likely N-dealkylation sites (N-methyl/N-ethyl adjacent to an activating group) is 1. The van der Waals surface area contributed by atoms with Crippen molar-refractivity contribution in [3.05, 3.63) is 35.5 Å². The van der Waals surface area contributed by atoms with E-state index in [2.05, 4.69) is 60.0 Å². The summed E-state index contributed by atoms with van der Waals surface area (Å²) in [5.74, 6) is 0.870. The Morgan fingerprint density at radius 1 is 1.24 bits per heavy atom. The normalized spacial score (nSPS) is 27.5. The Kier molecular flexibility index (Phi) is 4.93. The minimum atomic E-state index is 0.112. The van der Waals surface area contributed by atoms with Crippen LogP contribution in [0.5, 0.6) is 0 Å². The van der Waals surface area contributed by atoms with E-state index in [0.29, 0.717) is 30.0 Å². The van der Waals surface area contributed by atoms with E-state index in [1.165, 1.54) is 34.9 Å². The smallest absolute Gasteiger partial charge is 0.224 e. The number of hydrogen-bond acceptors (Lipinski definition) is 2. The van der Waals surface area contributed by atoms with Gasteiger partial charge in [-0.3, -0.25) is 9.69 Å². The van der Waals surface area contributed by atoms with Crippen LogP contribution in [0, 0.1) is 5.92 Å². The van der Waals surface area contributed by atoms with Gasteiger partial charge in [-0.05, 0) is 63.3 Å². The van der Waals surface area contributed by atoms with E-state index in [0.717, 1.165) is 38.8 Å². The van der Waals surface area contributed by atoms with Gasteiger partial charge in [0.2, 0.25) is 5.91 Å². The molecule has 3 aliphatic rings. The maximum Gasteiger partial charge on any atom is 0.224 e. The van der Waals surface area contributed by atoms with Crippen LogP contribution in [0.3, 0.4) is 0 Å². The summed E-state index contributed by atoms with van der Waals surface area (Å²) in [6, 6.07) is 8.23. The summed E-state index contributed by atoms with van der Waals surface area (Å²) in [5, 5.41) is 4.85. The fraction of sp³-hybridized carbons (Fsp3) is 0.640. The number of carbonyl (C=O) groups is 1. The fourth-order valence-corrected chi connectivity index (χ4v) is 6.30. The molecule has 2 aromatic rings. The predicted octanol–water partition coefficient (Wildman–Crippen LogP) is 4.63. The molecule has 0 radical (unpaired) electrons. The van der Waals surface area contributed by atoms with Crippen molar-refractivity contribution in [2.45, 2.75) is 83.3 Å². The Balaban J connectivity index is 1.48. The zero-order chi connectivity index (χ0) is 20.1. The van der Waals surface area contributed by atoms with E-state index < -0.39 is 0 Å². The second-order valence-electron chi connectivity index (χ2n) is 9.78. The average Bonchev–Trinajstić information content (AvgIpc) is 3.36. The molecule has 1 saturated heterocycles. The number of piperidine rings is 1. The molecule has 1 aliphatic heterocycles. The van der Waals surface area contributed by atoms with Crippen molar-refractivity contribution in [1.29, 1.82) is 0 Å². The maximum atomic E-state index is 13.1. The number of carbonyl (C=O) groups excluding carboxylic acids is 1. The molecule has 5 rings (SSSR count). The highest BCUT2D eigenvalue weighted by Gasteiger charge is 2.42. The number of hydrogen-bond donors (Lipinski definition) is 1. The van der Waals surface area contributed by atoms with Crippen LogP contribution in [0.4, 0.5) is 0 Å². The van der Waals surface area contributed by atoms with Crippen molar-refractivity contribution in [2.75, 3.05) is 13.1 Å². The molecule has 1 saturated carbocycles. The molecule has 29 heavy (non-hydrogen) atoms. The summed E-state index contributed by atoms with van der Waals surface area (Å²) < 4.78 is 2.44. The standard InChI is InChI=1S/C25H35N3O/c1-4-27-14-18(25(29)26-19-8-5-6-9-19)12-21-20-10-7-11-22-24(20)17(13-23(21)27)15-28(22)16(2)3/h7,10-11,15-16,18-19,21,23H,4-6,8-9,12-14H2,1-3H3,(H,26,29)/t18-,21-,23-/m1/s1. The number of benzene rings is 1. The molecule has 2 heterocycles. The molecular formula is C25H35N3O. The molecule has 156 valence electrons. The molecular weight excluding hydrogens is 358 g/mol. The van der Waals surface area contributed by atoms with Crippen molar-refractivity contribution in [3.63, 3.8) is 0 Å². The average molecular weight is 394 g/mol. The van der Waals surface area contributed by atoms with E-state index in [1.807, 2.05) is 0 Å². The van der Waals surface area contributed by atoms with Crippen LogP contribution in [-0.2, 0) is 11.2 Å². The summed E-state index contributed by atoms with van der Waals surface area (Å²) in [6.45, 7) is 8.71. The topological polar surface area (TPSA) is 37.3 Å². The van der Waals surface area contributed by atoms with Gasteiger partial charge in [-0.15, -0.1) is 0 Å². The number of amides is 1. The van der Waals surface area contributed by atoms with Gasteiger partial charge in [-0.25, -0.2) is 0 Å². The largest absolute Gasteiger partial charge is 0.353 e. The van der Waals surface area contributed by atoms with Gasteiger partial charge < -0.3 is 9.88 Å². The third-order valence-corrected chi connectivity index (χ3v) is 7.76. The van der Waals surface area contributed by atoms with Gasteiger partial charge in [0.1, 0.15) is 0 Å². The van der Waals surface area contributed by atoms with Gasteiger partial charge in [0.25, 0.3) is 0 Å². The number of nitrogens with one attached hydrogen (secondary N) is 1. The SMILES string of the molecule is CCN1C[C@H](C(=O)NC2CCCC2)C[C@@H]2c3cccc4c3c(cn4C(C)C)C[C@H]21. The monoisotopic (exact) mass is 393 g/mol. The van der Waals surface area contributed by atoms with Crippen LogP contribution >= 0.6 is 0 Å². The predicted molar refractivity (Wildman–Crippen MR) is 118 cm³/mol. The lowest BCUT2D eigenvalue weighted by atomic mass is 9.72.